The average molecular weight is 356 g/mol. The summed E-state index contributed by atoms with van der Waals surface area (Å²) in [6, 6.07) is 15.4. The number of rotatable bonds is 4. The van der Waals surface area contributed by atoms with E-state index in [1.54, 1.807) is 6.07 Å². The second-order valence-electron chi connectivity index (χ2n) is 6.36. The highest BCUT2D eigenvalue weighted by atomic mass is 35.5. The van der Waals surface area contributed by atoms with Crippen molar-refractivity contribution >= 4 is 17.9 Å². The summed E-state index contributed by atoms with van der Waals surface area (Å²) in [7, 11) is 0. The van der Waals surface area contributed by atoms with Crippen LogP contribution in [0.2, 0.25) is 5.02 Å². The molecule has 0 aromatic heterocycles. The number of halogens is 1. The average Bonchev–Trinajstić information content (AvgIpc) is 2.62. The number of hydrogen-bond donors (Lipinski definition) is 0. The van der Waals surface area contributed by atoms with Gasteiger partial charge in [0, 0.05) is 15.5 Å². The Balaban J connectivity index is 2.20. The summed E-state index contributed by atoms with van der Waals surface area (Å²) in [5, 5.41) is 12.6. The van der Waals surface area contributed by atoms with Crippen LogP contribution in [0.3, 0.4) is 0 Å². The fourth-order valence-electron chi connectivity index (χ4n) is 3.85. The quantitative estimate of drug-likeness (QED) is 0.456. The first-order valence-corrected chi connectivity index (χ1v) is 8.52. The fourth-order valence-corrected chi connectivity index (χ4v) is 4.12. The van der Waals surface area contributed by atoms with Crippen LogP contribution >= 0.6 is 11.6 Å². The minimum Gasteiger partial charge on any atom is -0.298 e. The molecule has 0 saturated heterocycles. The molecule has 1 aliphatic carbocycles. The standard InChI is InChI=1S/C20H18ClNO3/c1-13-11-15(12-23)19(14-7-3-2-4-8-14)20(22(24)25)18(13)16-9-5-6-10-17(16)21/h2-13,18-20H,1H3/t13-,18-,19+,20+/m0/s1. The van der Waals surface area contributed by atoms with Crippen LogP contribution in [0.25, 0.3) is 0 Å². The molecule has 0 N–H and O–H groups in total. The van der Waals surface area contributed by atoms with Gasteiger partial charge in [-0.1, -0.05) is 73.1 Å². The highest BCUT2D eigenvalue weighted by Gasteiger charge is 2.48. The summed E-state index contributed by atoms with van der Waals surface area (Å²) in [5.41, 5.74) is 1.98. The Morgan fingerprint density at radius 1 is 1.08 bits per heavy atom. The zero-order chi connectivity index (χ0) is 18.0. The first kappa shape index (κ1) is 17.4. The molecule has 128 valence electrons. The first-order chi connectivity index (χ1) is 12.0. The Hall–Kier alpha value is -2.46. The van der Waals surface area contributed by atoms with E-state index in [0.29, 0.717) is 10.6 Å². The number of nitrogens with zero attached hydrogens (tertiary/aromatic N) is 1. The molecule has 0 amide bonds. The number of allylic oxidation sites excluding steroid dienone is 1. The Labute approximate surface area is 151 Å². The van der Waals surface area contributed by atoms with Gasteiger partial charge in [-0.25, -0.2) is 0 Å². The van der Waals surface area contributed by atoms with E-state index in [1.165, 1.54) is 0 Å². The van der Waals surface area contributed by atoms with Gasteiger partial charge in [-0.15, -0.1) is 0 Å². The molecule has 0 saturated carbocycles. The van der Waals surface area contributed by atoms with Gasteiger partial charge in [-0.05, 0) is 23.1 Å². The summed E-state index contributed by atoms with van der Waals surface area (Å²) >= 11 is 6.34. The number of aldehydes is 1. The van der Waals surface area contributed by atoms with Gasteiger partial charge >= 0.3 is 0 Å². The molecular weight excluding hydrogens is 338 g/mol. The van der Waals surface area contributed by atoms with Crippen molar-refractivity contribution in [3.8, 4) is 0 Å². The van der Waals surface area contributed by atoms with E-state index in [1.807, 2.05) is 61.5 Å². The fraction of sp³-hybridized carbons (Fsp3) is 0.250. The topological polar surface area (TPSA) is 60.2 Å². The van der Waals surface area contributed by atoms with Crippen LogP contribution in [0, 0.1) is 16.0 Å². The van der Waals surface area contributed by atoms with Crippen LogP contribution in [-0.4, -0.2) is 17.3 Å². The maximum atomic E-state index is 12.1. The zero-order valence-electron chi connectivity index (χ0n) is 13.7. The van der Waals surface area contributed by atoms with E-state index in [0.717, 1.165) is 17.4 Å². The van der Waals surface area contributed by atoms with Crippen LogP contribution in [0.4, 0.5) is 0 Å². The maximum Gasteiger partial charge on any atom is 0.231 e. The van der Waals surface area contributed by atoms with Crippen LogP contribution < -0.4 is 0 Å². The van der Waals surface area contributed by atoms with Gasteiger partial charge in [0.15, 0.2) is 0 Å². The number of nitro groups is 1. The molecule has 3 rings (SSSR count). The van der Waals surface area contributed by atoms with Gasteiger partial charge in [0.2, 0.25) is 6.04 Å². The van der Waals surface area contributed by atoms with E-state index >= 15 is 0 Å². The summed E-state index contributed by atoms with van der Waals surface area (Å²) in [6.07, 6.45) is 2.59. The van der Waals surface area contributed by atoms with Crippen molar-refractivity contribution in [1.82, 2.24) is 0 Å². The summed E-state index contributed by atoms with van der Waals surface area (Å²) < 4.78 is 0. The Morgan fingerprint density at radius 3 is 2.32 bits per heavy atom. The molecule has 5 heteroatoms. The molecule has 4 atom stereocenters. The Morgan fingerprint density at radius 2 is 1.72 bits per heavy atom. The van der Waals surface area contributed by atoms with E-state index in [2.05, 4.69) is 0 Å². The predicted molar refractivity (Wildman–Crippen MR) is 97.5 cm³/mol. The van der Waals surface area contributed by atoms with Crippen LogP contribution in [0.5, 0.6) is 0 Å². The van der Waals surface area contributed by atoms with Crippen LogP contribution in [0.1, 0.15) is 29.9 Å². The molecule has 1 aliphatic rings. The minimum atomic E-state index is -0.956. The largest absolute Gasteiger partial charge is 0.298 e. The van der Waals surface area contributed by atoms with Gasteiger partial charge in [0.1, 0.15) is 6.29 Å². The molecule has 0 radical (unpaired) electrons. The van der Waals surface area contributed by atoms with Crippen molar-refractivity contribution in [1.29, 1.82) is 0 Å². The van der Waals surface area contributed by atoms with Crippen molar-refractivity contribution in [3.05, 3.63) is 92.5 Å². The predicted octanol–water partition coefficient (Wildman–Crippen LogP) is 4.63. The molecule has 0 unspecified atom stereocenters. The molecule has 25 heavy (non-hydrogen) atoms. The molecule has 0 heterocycles. The Kier molecular flexibility index (Phi) is 5.00. The SMILES string of the molecule is C[C@H]1C=C(C=O)[C@@H](c2ccccc2)[C@H]([N+](=O)[O-])[C@@H]1c1ccccc1Cl. The smallest absolute Gasteiger partial charge is 0.231 e. The van der Waals surface area contributed by atoms with E-state index in [4.69, 9.17) is 11.6 Å². The van der Waals surface area contributed by atoms with Crippen molar-refractivity contribution in [2.24, 2.45) is 5.92 Å². The molecule has 0 spiro atoms. The van der Waals surface area contributed by atoms with Crippen molar-refractivity contribution in [3.63, 3.8) is 0 Å². The van der Waals surface area contributed by atoms with Crippen molar-refractivity contribution in [2.45, 2.75) is 24.8 Å². The summed E-state index contributed by atoms with van der Waals surface area (Å²) in [4.78, 5) is 23.4. The molecule has 0 aliphatic heterocycles. The lowest BCUT2D eigenvalue weighted by atomic mass is 9.67. The van der Waals surface area contributed by atoms with Crippen molar-refractivity contribution in [2.75, 3.05) is 0 Å². The van der Waals surface area contributed by atoms with Gasteiger partial charge < -0.3 is 0 Å². The normalized spacial score (nSPS) is 25.9. The van der Waals surface area contributed by atoms with Gasteiger partial charge in [-0.3, -0.25) is 14.9 Å². The van der Waals surface area contributed by atoms with Crippen LogP contribution in [0.15, 0.2) is 66.2 Å². The second-order valence-corrected chi connectivity index (χ2v) is 6.76. The van der Waals surface area contributed by atoms with Gasteiger partial charge in [0.05, 0.1) is 11.8 Å². The number of carbonyl (C=O) groups excluding carboxylic acids is 1. The minimum absolute atomic E-state index is 0.171. The van der Waals surface area contributed by atoms with Crippen molar-refractivity contribution < 1.29 is 9.72 Å². The third-order valence-electron chi connectivity index (χ3n) is 4.89. The molecule has 2 aromatic carbocycles. The lowest BCUT2D eigenvalue weighted by Gasteiger charge is -2.35. The zero-order valence-corrected chi connectivity index (χ0v) is 14.5. The molecule has 4 nitrogen and oxygen atoms in total. The first-order valence-electron chi connectivity index (χ1n) is 8.14. The van der Waals surface area contributed by atoms with Crippen LogP contribution in [-0.2, 0) is 4.79 Å². The van der Waals surface area contributed by atoms with Gasteiger partial charge in [-0.2, -0.15) is 0 Å². The lowest BCUT2D eigenvalue weighted by Crippen LogP contribution is -2.41. The molecular formula is C20H18ClNO3. The second kappa shape index (κ2) is 7.19. The van der Waals surface area contributed by atoms with E-state index in [-0.39, 0.29) is 10.8 Å². The highest BCUT2D eigenvalue weighted by Crippen LogP contribution is 2.46. The Bertz CT molecular complexity index is 819. The third-order valence-corrected chi connectivity index (χ3v) is 5.24. The molecule has 0 bridgehead atoms. The monoisotopic (exact) mass is 355 g/mol. The lowest BCUT2D eigenvalue weighted by molar-refractivity contribution is -0.531. The van der Waals surface area contributed by atoms with Gasteiger partial charge in [0.25, 0.3) is 0 Å². The maximum absolute atomic E-state index is 12.1. The summed E-state index contributed by atoms with van der Waals surface area (Å²) in [6.45, 7) is 1.90. The summed E-state index contributed by atoms with van der Waals surface area (Å²) in [5.74, 6) is -1.17. The number of benzene rings is 2. The van der Waals surface area contributed by atoms with E-state index in [9.17, 15) is 14.9 Å². The number of carbonyl (C=O) groups is 1. The molecule has 0 fully saturated rings. The van der Waals surface area contributed by atoms with E-state index < -0.39 is 17.9 Å². The number of hydrogen-bond acceptors (Lipinski definition) is 3. The molecule has 2 aromatic rings. The third kappa shape index (κ3) is 3.22. The highest BCUT2D eigenvalue weighted by molar-refractivity contribution is 6.31.